The second kappa shape index (κ2) is 18.2. The molecule has 0 saturated carbocycles. The first-order chi connectivity index (χ1) is 11.4. The Morgan fingerprint density at radius 2 is 1.08 bits per heavy atom. The van der Waals surface area contributed by atoms with Crippen molar-refractivity contribution in [3.63, 3.8) is 0 Å². The molecule has 1 N–H and O–H groups in total. The molecule has 0 heterocycles. The Labute approximate surface area is 178 Å². The van der Waals surface area contributed by atoms with Gasteiger partial charge in [0.25, 0.3) is 0 Å². The summed E-state index contributed by atoms with van der Waals surface area (Å²) in [6.07, 6.45) is 16.6. The van der Waals surface area contributed by atoms with Crippen LogP contribution in [0.15, 0.2) is 0 Å². The maximum absolute atomic E-state index is 10.8. The van der Waals surface area contributed by atoms with Crippen molar-refractivity contribution in [2.45, 2.75) is 122 Å². The molecule has 0 aromatic carbocycles. The van der Waals surface area contributed by atoms with Crippen LogP contribution in [-0.2, 0) is 10.1 Å². The van der Waals surface area contributed by atoms with Gasteiger partial charge in [0.1, 0.15) is 0 Å². The number of aliphatic hydroxyl groups excluding tert-OH is 1. The molecule has 0 spiro atoms. The Balaban J connectivity index is 0. The molecule has 0 saturated heterocycles. The van der Waals surface area contributed by atoms with Crippen molar-refractivity contribution in [1.82, 2.24) is 0 Å². The summed E-state index contributed by atoms with van der Waals surface area (Å²) in [7, 11) is -4.09. The van der Waals surface area contributed by atoms with Crippen LogP contribution in [0, 0.1) is 0 Å². The number of rotatable bonds is 17. The molecule has 0 aliphatic heterocycles. The van der Waals surface area contributed by atoms with Crippen molar-refractivity contribution < 1.29 is 47.6 Å². The van der Waals surface area contributed by atoms with E-state index in [-0.39, 0.29) is 35.7 Å². The topological polar surface area (TPSA) is 77.4 Å². The molecule has 6 heteroatoms. The Kier molecular flexibility index (Phi) is 20.5. The van der Waals surface area contributed by atoms with Crippen molar-refractivity contribution >= 4 is 10.1 Å². The normalized spacial score (nSPS) is 14.1. The van der Waals surface area contributed by atoms with Gasteiger partial charge in [0.15, 0.2) is 0 Å². The zero-order valence-corrected chi connectivity index (χ0v) is 19.7. The van der Waals surface area contributed by atoms with Crippen LogP contribution in [0.3, 0.4) is 0 Å². The van der Waals surface area contributed by atoms with E-state index in [1.807, 2.05) is 6.92 Å². The summed E-state index contributed by atoms with van der Waals surface area (Å²) >= 11 is 0. The van der Waals surface area contributed by atoms with Crippen LogP contribution in [-0.4, -0.2) is 29.4 Å². The van der Waals surface area contributed by atoms with Gasteiger partial charge in [-0.25, -0.2) is 8.42 Å². The van der Waals surface area contributed by atoms with E-state index < -0.39 is 15.4 Å². The number of unbranched alkanes of at least 4 members (excludes halogenated alkanes) is 11. The summed E-state index contributed by atoms with van der Waals surface area (Å²) in [5.74, 6) is 0. The fraction of sp³-hybridized carbons (Fsp3) is 1.00. The third-order valence-electron chi connectivity index (χ3n) is 4.86. The molecular weight excluding hydrogens is 347 g/mol. The van der Waals surface area contributed by atoms with Gasteiger partial charge in [0.05, 0.1) is 16.2 Å². The maximum Gasteiger partial charge on any atom is 1.00 e. The number of hydrogen-bond donors (Lipinski definition) is 1. The molecule has 25 heavy (non-hydrogen) atoms. The van der Waals surface area contributed by atoms with E-state index in [9.17, 15) is 18.1 Å². The van der Waals surface area contributed by atoms with E-state index in [0.29, 0.717) is 6.42 Å². The fourth-order valence-corrected chi connectivity index (χ4v) is 3.38. The summed E-state index contributed by atoms with van der Waals surface area (Å²) in [6, 6.07) is 0. The van der Waals surface area contributed by atoms with Gasteiger partial charge in [-0.1, -0.05) is 84.0 Å². The van der Waals surface area contributed by atoms with Gasteiger partial charge >= 0.3 is 29.6 Å². The van der Waals surface area contributed by atoms with Crippen LogP contribution in [0.1, 0.15) is 110 Å². The fourth-order valence-electron chi connectivity index (χ4n) is 2.93. The van der Waals surface area contributed by atoms with Crippen LogP contribution in [0.5, 0.6) is 0 Å². The summed E-state index contributed by atoms with van der Waals surface area (Å²) in [5.41, 5.74) is 0. The first-order valence-electron chi connectivity index (χ1n) is 10.0. The van der Waals surface area contributed by atoms with E-state index in [0.717, 1.165) is 38.5 Å². The van der Waals surface area contributed by atoms with Gasteiger partial charge in [-0.05, 0) is 26.2 Å². The molecule has 0 aromatic heterocycles. The first-order valence-corrected chi connectivity index (χ1v) is 11.5. The Morgan fingerprint density at radius 1 is 0.760 bits per heavy atom. The van der Waals surface area contributed by atoms with Crippen LogP contribution in [0.2, 0.25) is 0 Å². The van der Waals surface area contributed by atoms with Crippen molar-refractivity contribution in [1.29, 1.82) is 0 Å². The van der Waals surface area contributed by atoms with Gasteiger partial charge in [-0.2, -0.15) is 0 Å². The van der Waals surface area contributed by atoms with E-state index >= 15 is 0 Å². The first kappa shape index (κ1) is 28.1. The molecule has 0 radical (unpaired) electrons. The smallest absolute Gasteiger partial charge is 0.748 e. The Hall–Kier alpha value is 0.870. The van der Waals surface area contributed by atoms with E-state index in [4.69, 9.17) is 0 Å². The van der Waals surface area contributed by atoms with Crippen LogP contribution >= 0.6 is 0 Å². The molecule has 0 aliphatic rings. The summed E-state index contributed by atoms with van der Waals surface area (Å²) in [6.45, 7) is 3.54. The minimum Gasteiger partial charge on any atom is -0.748 e. The molecular formula is C19H39NaO4S. The molecule has 2 unspecified atom stereocenters. The number of aliphatic hydroxyl groups is 1. The van der Waals surface area contributed by atoms with Crippen LogP contribution < -0.4 is 29.6 Å². The minimum absolute atomic E-state index is 0. The van der Waals surface area contributed by atoms with Gasteiger partial charge in [-0.3, -0.25) is 0 Å². The minimum atomic E-state index is -4.09. The molecule has 4 nitrogen and oxygen atoms in total. The summed E-state index contributed by atoms with van der Waals surface area (Å²) < 4.78 is 32.3. The second-order valence-corrected chi connectivity index (χ2v) is 8.98. The van der Waals surface area contributed by atoms with Crippen molar-refractivity contribution in [3.8, 4) is 0 Å². The predicted octanol–water partition coefficient (Wildman–Crippen LogP) is 2.16. The van der Waals surface area contributed by atoms with Gasteiger partial charge < -0.3 is 9.66 Å². The van der Waals surface area contributed by atoms with E-state index in [1.54, 1.807) is 0 Å². The Morgan fingerprint density at radius 3 is 1.40 bits per heavy atom. The average molecular weight is 387 g/mol. The molecule has 0 fully saturated rings. The predicted molar refractivity (Wildman–Crippen MR) is 100 cm³/mol. The average Bonchev–Trinajstić information content (AvgIpc) is 2.53. The third-order valence-corrected chi connectivity index (χ3v) is 6.08. The van der Waals surface area contributed by atoms with Crippen molar-refractivity contribution in [2.75, 3.05) is 0 Å². The molecule has 0 amide bonds. The van der Waals surface area contributed by atoms with Gasteiger partial charge in [0.2, 0.25) is 0 Å². The molecule has 2 atom stereocenters. The zero-order chi connectivity index (χ0) is 18.3. The Bertz CT molecular complexity index is 374. The molecule has 0 aliphatic carbocycles. The van der Waals surface area contributed by atoms with E-state index in [2.05, 4.69) is 0 Å². The van der Waals surface area contributed by atoms with Crippen LogP contribution in [0.4, 0.5) is 0 Å². The number of hydrogen-bond acceptors (Lipinski definition) is 4. The SMILES string of the molecule is CCC(O)CCCCCCCCCCCCCCC(C)S(=O)(=O)[O-].[Na+]. The monoisotopic (exact) mass is 386 g/mol. The van der Waals surface area contributed by atoms with Crippen molar-refractivity contribution in [3.05, 3.63) is 0 Å². The molecule has 0 bridgehead atoms. The molecule has 146 valence electrons. The summed E-state index contributed by atoms with van der Waals surface area (Å²) in [4.78, 5) is 0. The van der Waals surface area contributed by atoms with Gasteiger partial charge in [-0.15, -0.1) is 0 Å². The molecule has 0 aromatic rings. The largest absolute Gasteiger partial charge is 1.00 e. The quantitative estimate of drug-likeness (QED) is 0.236. The van der Waals surface area contributed by atoms with Gasteiger partial charge in [0, 0.05) is 5.25 Å². The summed E-state index contributed by atoms with van der Waals surface area (Å²) in [5, 5.41) is 8.72. The third kappa shape index (κ3) is 19.4. The van der Waals surface area contributed by atoms with Crippen molar-refractivity contribution in [2.24, 2.45) is 0 Å². The maximum atomic E-state index is 10.8. The standard InChI is InChI=1S/C19H40O4S.Na/c1-3-19(20)17-15-13-11-9-7-5-4-6-8-10-12-14-16-18(2)24(21,22)23;/h18-20H,3-17H2,1-2H3,(H,21,22,23);/q;+1/p-1. The second-order valence-electron chi connectivity index (χ2n) is 7.19. The van der Waals surface area contributed by atoms with E-state index in [1.165, 1.54) is 58.3 Å². The molecule has 0 rings (SSSR count). The van der Waals surface area contributed by atoms with Crippen LogP contribution in [0.25, 0.3) is 0 Å². The zero-order valence-electron chi connectivity index (χ0n) is 16.8.